The quantitative estimate of drug-likeness (QED) is 0.912. The van der Waals surface area contributed by atoms with Crippen LogP contribution < -0.4 is 10.1 Å². The molecule has 1 aliphatic rings. The average Bonchev–Trinajstić information content (AvgIpc) is 3.24. The minimum atomic E-state index is -0.426. The van der Waals surface area contributed by atoms with Crippen molar-refractivity contribution in [2.75, 3.05) is 20.3 Å². The van der Waals surface area contributed by atoms with Gasteiger partial charge in [-0.15, -0.1) is 11.3 Å². The van der Waals surface area contributed by atoms with E-state index in [0.29, 0.717) is 28.6 Å². The third-order valence-corrected chi connectivity index (χ3v) is 4.53. The summed E-state index contributed by atoms with van der Waals surface area (Å²) in [4.78, 5) is 16.3. The molecule has 1 N–H and O–H groups in total. The molecular weight excluding hydrogens is 319 g/mol. The lowest BCUT2D eigenvalue weighted by molar-refractivity contribution is 0.0854. The number of halogens is 1. The molecule has 0 aliphatic carbocycles. The molecule has 23 heavy (non-hydrogen) atoms. The Morgan fingerprint density at radius 1 is 1.57 bits per heavy atom. The predicted molar refractivity (Wildman–Crippen MR) is 85.4 cm³/mol. The minimum Gasteiger partial charge on any atom is -0.497 e. The van der Waals surface area contributed by atoms with Gasteiger partial charge in [-0.05, 0) is 25.0 Å². The molecule has 122 valence electrons. The van der Waals surface area contributed by atoms with Crippen molar-refractivity contribution >= 4 is 17.2 Å². The molecule has 2 aromatic rings. The van der Waals surface area contributed by atoms with E-state index < -0.39 is 5.82 Å². The number of amides is 1. The van der Waals surface area contributed by atoms with Crippen LogP contribution in [0.15, 0.2) is 23.6 Å². The molecule has 3 rings (SSSR count). The Hall–Kier alpha value is -1.99. The third kappa shape index (κ3) is 3.68. The molecule has 0 radical (unpaired) electrons. The van der Waals surface area contributed by atoms with Crippen molar-refractivity contribution in [3.8, 4) is 16.3 Å². The summed E-state index contributed by atoms with van der Waals surface area (Å²) in [5.41, 5.74) is 0.646. The lowest BCUT2D eigenvalue weighted by Crippen LogP contribution is -2.31. The number of carbonyl (C=O) groups is 1. The smallest absolute Gasteiger partial charge is 0.270 e. The van der Waals surface area contributed by atoms with Crippen LogP contribution in [0.1, 0.15) is 23.3 Å². The maximum Gasteiger partial charge on any atom is 0.270 e. The van der Waals surface area contributed by atoms with Gasteiger partial charge in [-0.2, -0.15) is 0 Å². The lowest BCUT2D eigenvalue weighted by atomic mass is 10.2. The molecule has 7 heteroatoms. The monoisotopic (exact) mass is 336 g/mol. The molecule has 2 heterocycles. The number of thiazole rings is 1. The topological polar surface area (TPSA) is 60.5 Å². The molecule has 0 saturated carbocycles. The fourth-order valence-corrected chi connectivity index (χ4v) is 3.23. The zero-order valence-corrected chi connectivity index (χ0v) is 13.5. The summed E-state index contributed by atoms with van der Waals surface area (Å²) in [7, 11) is 1.48. The molecule has 0 spiro atoms. The summed E-state index contributed by atoms with van der Waals surface area (Å²) in [6.45, 7) is 1.22. The van der Waals surface area contributed by atoms with Crippen LogP contribution in [-0.2, 0) is 4.74 Å². The Morgan fingerprint density at radius 2 is 2.43 bits per heavy atom. The summed E-state index contributed by atoms with van der Waals surface area (Å²) in [5, 5.41) is 4.90. The van der Waals surface area contributed by atoms with Crippen LogP contribution in [0.25, 0.3) is 10.6 Å². The van der Waals surface area contributed by atoms with Gasteiger partial charge in [-0.1, -0.05) is 0 Å². The first-order valence-electron chi connectivity index (χ1n) is 7.36. The molecule has 1 aromatic carbocycles. The van der Waals surface area contributed by atoms with Crippen molar-refractivity contribution in [2.45, 2.75) is 18.9 Å². The predicted octanol–water partition coefficient (Wildman–Crippen LogP) is 2.87. The second-order valence-corrected chi connectivity index (χ2v) is 6.09. The number of hydrogen-bond acceptors (Lipinski definition) is 5. The zero-order valence-electron chi connectivity index (χ0n) is 12.7. The highest BCUT2D eigenvalue weighted by molar-refractivity contribution is 7.13. The van der Waals surface area contributed by atoms with Crippen LogP contribution in [0.4, 0.5) is 4.39 Å². The van der Waals surface area contributed by atoms with Gasteiger partial charge >= 0.3 is 0 Å². The van der Waals surface area contributed by atoms with E-state index in [0.717, 1.165) is 19.4 Å². The fraction of sp³-hybridized carbons (Fsp3) is 0.375. The van der Waals surface area contributed by atoms with E-state index in [9.17, 15) is 9.18 Å². The van der Waals surface area contributed by atoms with Crippen LogP contribution in [0, 0.1) is 5.82 Å². The van der Waals surface area contributed by atoms with Gasteiger partial charge in [0.05, 0.1) is 13.2 Å². The standard InChI is InChI=1S/C16H17FN2O3S/c1-21-10-4-5-12(13(17)7-10)16-19-14(9-23-16)15(20)18-8-11-3-2-6-22-11/h4-5,7,9,11H,2-3,6,8H2,1H3,(H,18,20). The van der Waals surface area contributed by atoms with Gasteiger partial charge in [0, 0.05) is 30.2 Å². The van der Waals surface area contributed by atoms with Crippen LogP contribution >= 0.6 is 11.3 Å². The van der Waals surface area contributed by atoms with Crippen LogP contribution in [0.5, 0.6) is 5.75 Å². The van der Waals surface area contributed by atoms with Gasteiger partial charge in [0.25, 0.3) is 5.91 Å². The van der Waals surface area contributed by atoms with E-state index in [1.165, 1.54) is 24.5 Å². The van der Waals surface area contributed by atoms with Crippen molar-refractivity contribution in [2.24, 2.45) is 0 Å². The Labute approximate surface area is 137 Å². The van der Waals surface area contributed by atoms with E-state index in [1.807, 2.05) is 0 Å². The molecule has 1 atom stereocenters. The number of ether oxygens (including phenoxy) is 2. The molecule has 0 bridgehead atoms. The molecular formula is C16H17FN2O3S. The van der Waals surface area contributed by atoms with Crippen molar-refractivity contribution in [3.63, 3.8) is 0 Å². The third-order valence-electron chi connectivity index (χ3n) is 3.66. The number of aromatic nitrogens is 1. The Kier molecular flexibility index (Phi) is 4.88. The van der Waals surface area contributed by atoms with Crippen molar-refractivity contribution in [3.05, 3.63) is 35.1 Å². The number of carbonyl (C=O) groups excluding carboxylic acids is 1. The maximum atomic E-state index is 14.1. The van der Waals surface area contributed by atoms with Crippen LogP contribution in [0.3, 0.4) is 0 Å². The highest BCUT2D eigenvalue weighted by atomic mass is 32.1. The SMILES string of the molecule is COc1ccc(-c2nc(C(=O)NCC3CCCO3)cs2)c(F)c1. The summed E-state index contributed by atoms with van der Waals surface area (Å²) in [6, 6.07) is 4.56. The average molecular weight is 336 g/mol. The van der Waals surface area contributed by atoms with Crippen molar-refractivity contribution in [1.29, 1.82) is 0 Å². The molecule has 1 aliphatic heterocycles. The number of methoxy groups -OCH3 is 1. The molecule has 1 saturated heterocycles. The second-order valence-electron chi connectivity index (χ2n) is 5.23. The Morgan fingerprint density at radius 3 is 3.13 bits per heavy atom. The normalized spacial score (nSPS) is 17.2. The molecule has 1 fully saturated rings. The Bertz CT molecular complexity index is 698. The molecule has 1 aromatic heterocycles. The molecule has 1 amide bonds. The van der Waals surface area contributed by atoms with Crippen molar-refractivity contribution < 1.29 is 18.7 Å². The lowest BCUT2D eigenvalue weighted by Gasteiger charge is -2.09. The maximum absolute atomic E-state index is 14.1. The summed E-state index contributed by atoms with van der Waals surface area (Å²) >= 11 is 1.23. The Balaban J connectivity index is 1.68. The largest absolute Gasteiger partial charge is 0.497 e. The minimum absolute atomic E-state index is 0.0797. The number of hydrogen-bond donors (Lipinski definition) is 1. The van der Waals surface area contributed by atoms with Crippen LogP contribution in [-0.4, -0.2) is 37.3 Å². The highest BCUT2D eigenvalue weighted by Crippen LogP contribution is 2.28. The van der Waals surface area contributed by atoms with E-state index in [-0.39, 0.29) is 12.0 Å². The summed E-state index contributed by atoms with van der Waals surface area (Å²) in [6.07, 6.45) is 2.06. The number of nitrogens with one attached hydrogen (secondary N) is 1. The molecule has 1 unspecified atom stereocenters. The van der Waals surface area contributed by atoms with Gasteiger partial charge in [0.2, 0.25) is 0 Å². The fourth-order valence-electron chi connectivity index (χ4n) is 2.40. The number of benzene rings is 1. The first-order valence-corrected chi connectivity index (χ1v) is 8.24. The van der Waals surface area contributed by atoms with Gasteiger partial charge in [0.15, 0.2) is 0 Å². The molecule has 5 nitrogen and oxygen atoms in total. The summed E-state index contributed by atoms with van der Waals surface area (Å²) in [5.74, 6) is -0.251. The van der Waals surface area contributed by atoms with E-state index in [2.05, 4.69) is 10.3 Å². The highest BCUT2D eigenvalue weighted by Gasteiger charge is 2.18. The van der Waals surface area contributed by atoms with Crippen LogP contribution in [0.2, 0.25) is 0 Å². The van der Waals surface area contributed by atoms with E-state index >= 15 is 0 Å². The van der Waals surface area contributed by atoms with Gasteiger partial charge in [-0.3, -0.25) is 4.79 Å². The second kappa shape index (κ2) is 7.06. The number of nitrogens with zero attached hydrogens (tertiary/aromatic N) is 1. The zero-order chi connectivity index (χ0) is 16.2. The number of rotatable bonds is 5. The van der Waals surface area contributed by atoms with E-state index in [4.69, 9.17) is 9.47 Å². The van der Waals surface area contributed by atoms with Crippen molar-refractivity contribution in [1.82, 2.24) is 10.3 Å². The first-order chi connectivity index (χ1) is 11.2. The van der Waals surface area contributed by atoms with Gasteiger partial charge in [0.1, 0.15) is 22.3 Å². The van der Waals surface area contributed by atoms with E-state index in [1.54, 1.807) is 17.5 Å². The van der Waals surface area contributed by atoms with Gasteiger partial charge < -0.3 is 14.8 Å². The first kappa shape index (κ1) is 15.9. The summed E-state index contributed by atoms with van der Waals surface area (Å²) < 4.78 is 24.5. The van der Waals surface area contributed by atoms with Gasteiger partial charge in [-0.25, -0.2) is 9.37 Å².